The van der Waals surface area contributed by atoms with E-state index in [0.29, 0.717) is 6.54 Å². The van der Waals surface area contributed by atoms with Gasteiger partial charge in [-0.05, 0) is 35.4 Å². The van der Waals surface area contributed by atoms with Crippen LogP contribution < -0.4 is 10.2 Å². The monoisotopic (exact) mass is 306 g/mol. The van der Waals surface area contributed by atoms with Crippen molar-refractivity contribution in [2.75, 3.05) is 19.0 Å². The van der Waals surface area contributed by atoms with Gasteiger partial charge in [0.15, 0.2) is 0 Å². The van der Waals surface area contributed by atoms with Crippen LogP contribution in [0.3, 0.4) is 0 Å². The second-order valence-corrected chi connectivity index (χ2v) is 5.20. The average molecular weight is 306 g/mol. The van der Waals surface area contributed by atoms with Gasteiger partial charge < -0.3 is 10.2 Å². The number of nitrogens with zero attached hydrogens (tertiary/aromatic N) is 3. The summed E-state index contributed by atoms with van der Waals surface area (Å²) in [5, 5.41) is 11.9. The van der Waals surface area contributed by atoms with E-state index >= 15 is 0 Å². The number of hydrogen-bond acceptors (Lipinski definition) is 4. The molecule has 1 heterocycles. The summed E-state index contributed by atoms with van der Waals surface area (Å²) in [5.74, 6) is -0.395. The van der Waals surface area contributed by atoms with Gasteiger partial charge >= 0.3 is 0 Å². The maximum absolute atomic E-state index is 12.1. The molecule has 23 heavy (non-hydrogen) atoms. The van der Waals surface area contributed by atoms with Crippen LogP contribution in [-0.4, -0.2) is 25.0 Å². The van der Waals surface area contributed by atoms with E-state index in [1.807, 2.05) is 55.4 Å². The lowest BCUT2D eigenvalue weighted by atomic mass is 10.1. The van der Waals surface area contributed by atoms with Crippen molar-refractivity contribution in [1.29, 1.82) is 5.26 Å². The molecule has 0 saturated heterocycles. The molecular formula is C18H18N4O. The van der Waals surface area contributed by atoms with E-state index < -0.39 is 5.91 Å². The van der Waals surface area contributed by atoms with E-state index in [9.17, 15) is 10.1 Å². The van der Waals surface area contributed by atoms with Crippen molar-refractivity contribution < 1.29 is 4.79 Å². The zero-order valence-electron chi connectivity index (χ0n) is 13.2. The Morgan fingerprint density at radius 1 is 1.30 bits per heavy atom. The Balaban J connectivity index is 2.06. The molecule has 0 aliphatic heterocycles. The Hall–Kier alpha value is -3.13. The minimum absolute atomic E-state index is 0.0755. The third kappa shape index (κ3) is 4.68. The lowest BCUT2D eigenvalue weighted by Gasteiger charge is -2.11. The molecule has 1 aromatic heterocycles. The maximum Gasteiger partial charge on any atom is 0.262 e. The molecule has 0 aliphatic rings. The second kappa shape index (κ2) is 7.76. The summed E-state index contributed by atoms with van der Waals surface area (Å²) >= 11 is 0. The number of nitriles is 1. The van der Waals surface area contributed by atoms with Gasteiger partial charge in [-0.2, -0.15) is 5.26 Å². The molecule has 0 fully saturated rings. The molecule has 0 spiro atoms. The van der Waals surface area contributed by atoms with E-state index in [2.05, 4.69) is 10.3 Å². The van der Waals surface area contributed by atoms with Crippen LogP contribution in [-0.2, 0) is 11.3 Å². The Morgan fingerprint density at radius 3 is 2.61 bits per heavy atom. The van der Waals surface area contributed by atoms with E-state index in [-0.39, 0.29) is 5.57 Å². The number of pyridine rings is 1. The number of aromatic nitrogens is 1. The minimum atomic E-state index is -0.395. The first kappa shape index (κ1) is 16.2. The number of anilines is 1. The third-order valence-corrected chi connectivity index (χ3v) is 3.26. The Bertz CT molecular complexity index is 728. The fourth-order valence-corrected chi connectivity index (χ4v) is 1.96. The van der Waals surface area contributed by atoms with Gasteiger partial charge in [0.25, 0.3) is 5.91 Å². The van der Waals surface area contributed by atoms with E-state index in [4.69, 9.17) is 0 Å². The predicted octanol–water partition coefficient (Wildman–Crippen LogP) is 2.37. The smallest absolute Gasteiger partial charge is 0.262 e. The molecule has 1 amide bonds. The topological polar surface area (TPSA) is 69.0 Å². The molecule has 1 N–H and O–H groups in total. The molecule has 0 bridgehead atoms. The third-order valence-electron chi connectivity index (χ3n) is 3.26. The van der Waals surface area contributed by atoms with Crippen LogP contribution in [0.15, 0.2) is 54.4 Å². The van der Waals surface area contributed by atoms with Crippen molar-refractivity contribution in [1.82, 2.24) is 10.3 Å². The van der Waals surface area contributed by atoms with E-state index in [0.717, 1.165) is 16.8 Å². The number of rotatable bonds is 5. The van der Waals surface area contributed by atoms with Gasteiger partial charge in [0, 0.05) is 38.7 Å². The molecule has 2 aromatic rings. The molecule has 5 heteroatoms. The quantitative estimate of drug-likeness (QED) is 0.680. The van der Waals surface area contributed by atoms with Crippen LogP contribution in [0, 0.1) is 11.3 Å². The van der Waals surface area contributed by atoms with Gasteiger partial charge in [-0.15, -0.1) is 0 Å². The van der Waals surface area contributed by atoms with E-state index in [1.54, 1.807) is 24.5 Å². The van der Waals surface area contributed by atoms with Gasteiger partial charge in [-0.25, -0.2) is 0 Å². The van der Waals surface area contributed by atoms with Gasteiger partial charge in [0.2, 0.25) is 0 Å². The summed E-state index contributed by atoms with van der Waals surface area (Å²) in [6.07, 6.45) is 4.93. The largest absolute Gasteiger partial charge is 0.378 e. The fraction of sp³-hybridized carbons (Fsp3) is 0.167. The average Bonchev–Trinajstić information content (AvgIpc) is 2.59. The first-order valence-electron chi connectivity index (χ1n) is 7.16. The molecule has 1 aromatic carbocycles. The molecule has 0 aliphatic carbocycles. The van der Waals surface area contributed by atoms with Crippen LogP contribution in [0.4, 0.5) is 5.69 Å². The molecule has 116 valence electrons. The highest BCUT2D eigenvalue weighted by Gasteiger charge is 2.08. The summed E-state index contributed by atoms with van der Waals surface area (Å²) < 4.78 is 0. The molecule has 0 saturated carbocycles. The highest BCUT2D eigenvalue weighted by molar-refractivity contribution is 6.01. The molecule has 5 nitrogen and oxygen atoms in total. The Labute approximate surface area is 135 Å². The molecule has 2 rings (SSSR count). The van der Waals surface area contributed by atoms with Crippen molar-refractivity contribution in [3.05, 3.63) is 65.5 Å². The SMILES string of the molecule is CN(C)c1ccc(/C=C(/C#N)C(=O)NCc2cccnc2)cc1. The predicted molar refractivity (Wildman–Crippen MR) is 90.4 cm³/mol. The van der Waals surface area contributed by atoms with Crippen LogP contribution >= 0.6 is 0 Å². The van der Waals surface area contributed by atoms with Crippen molar-refractivity contribution >= 4 is 17.7 Å². The zero-order valence-corrected chi connectivity index (χ0v) is 13.2. The molecule has 0 unspecified atom stereocenters. The summed E-state index contributed by atoms with van der Waals surface area (Å²) in [4.78, 5) is 18.1. The van der Waals surface area contributed by atoms with Gasteiger partial charge in [0.1, 0.15) is 11.6 Å². The standard InChI is InChI=1S/C18H18N4O/c1-22(2)17-7-5-14(6-8-17)10-16(11-19)18(23)21-13-15-4-3-9-20-12-15/h3-10,12H,13H2,1-2H3,(H,21,23)/b16-10-. The summed E-state index contributed by atoms with van der Waals surface area (Å²) in [7, 11) is 3.91. The molecular weight excluding hydrogens is 288 g/mol. The number of amides is 1. The normalized spacial score (nSPS) is 10.7. The zero-order chi connectivity index (χ0) is 16.7. The number of hydrogen-bond donors (Lipinski definition) is 1. The van der Waals surface area contributed by atoms with Crippen LogP contribution in [0.5, 0.6) is 0 Å². The fourth-order valence-electron chi connectivity index (χ4n) is 1.96. The first-order valence-corrected chi connectivity index (χ1v) is 7.16. The lowest BCUT2D eigenvalue weighted by Crippen LogP contribution is -2.24. The number of benzene rings is 1. The molecule has 0 atom stereocenters. The lowest BCUT2D eigenvalue weighted by molar-refractivity contribution is -0.117. The van der Waals surface area contributed by atoms with E-state index in [1.165, 1.54) is 0 Å². The van der Waals surface area contributed by atoms with Crippen molar-refractivity contribution in [3.8, 4) is 6.07 Å². The van der Waals surface area contributed by atoms with Crippen LogP contribution in [0.1, 0.15) is 11.1 Å². The number of carbonyl (C=O) groups excluding carboxylic acids is 1. The maximum atomic E-state index is 12.1. The highest BCUT2D eigenvalue weighted by Crippen LogP contribution is 2.14. The minimum Gasteiger partial charge on any atom is -0.378 e. The van der Waals surface area contributed by atoms with Crippen LogP contribution in [0.2, 0.25) is 0 Å². The number of carbonyl (C=O) groups is 1. The van der Waals surface area contributed by atoms with Gasteiger partial charge in [-0.3, -0.25) is 9.78 Å². The van der Waals surface area contributed by atoms with Gasteiger partial charge in [0.05, 0.1) is 0 Å². The van der Waals surface area contributed by atoms with Crippen molar-refractivity contribution in [2.45, 2.75) is 6.54 Å². The van der Waals surface area contributed by atoms with Gasteiger partial charge in [-0.1, -0.05) is 18.2 Å². The molecule has 0 radical (unpaired) electrons. The van der Waals surface area contributed by atoms with Crippen LogP contribution in [0.25, 0.3) is 6.08 Å². The summed E-state index contributed by atoms with van der Waals surface area (Å²) in [6.45, 7) is 0.339. The summed E-state index contributed by atoms with van der Waals surface area (Å²) in [5.41, 5.74) is 2.82. The van der Waals surface area contributed by atoms with Crippen molar-refractivity contribution in [3.63, 3.8) is 0 Å². The Kier molecular flexibility index (Phi) is 5.48. The summed E-state index contributed by atoms with van der Waals surface area (Å²) in [6, 6.07) is 13.2. The second-order valence-electron chi connectivity index (χ2n) is 5.20. The first-order chi connectivity index (χ1) is 11.1. The number of nitrogens with one attached hydrogen (secondary N) is 1. The Morgan fingerprint density at radius 2 is 2.04 bits per heavy atom. The van der Waals surface area contributed by atoms with Crippen molar-refractivity contribution in [2.24, 2.45) is 0 Å². The highest BCUT2D eigenvalue weighted by atomic mass is 16.1.